The molecular weight excluding hydrogens is 324 g/mol. The summed E-state index contributed by atoms with van der Waals surface area (Å²) in [6.07, 6.45) is 3.31. The van der Waals surface area contributed by atoms with Crippen LogP contribution in [0.25, 0.3) is 0 Å². The number of rotatable bonds is 8. The summed E-state index contributed by atoms with van der Waals surface area (Å²) in [6, 6.07) is 19.3. The lowest BCUT2D eigenvalue weighted by Crippen LogP contribution is -2.32. The van der Waals surface area contributed by atoms with Gasteiger partial charge in [0.2, 0.25) is 0 Å². The maximum atomic E-state index is 6.37. The number of hydrogen-bond acceptors (Lipinski definition) is 5. The van der Waals surface area contributed by atoms with Crippen molar-refractivity contribution in [3.8, 4) is 0 Å². The van der Waals surface area contributed by atoms with Gasteiger partial charge >= 0.3 is 0 Å². The van der Waals surface area contributed by atoms with Gasteiger partial charge in [0.15, 0.2) is 0 Å². The van der Waals surface area contributed by atoms with Gasteiger partial charge in [-0.15, -0.1) is 0 Å². The third-order valence-electron chi connectivity index (χ3n) is 3.40. The molecule has 0 spiro atoms. The highest BCUT2D eigenvalue weighted by Crippen LogP contribution is 2.41. The molecule has 0 aliphatic heterocycles. The van der Waals surface area contributed by atoms with Crippen molar-refractivity contribution in [3.05, 3.63) is 97.1 Å². The van der Waals surface area contributed by atoms with Crippen LogP contribution in [0.2, 0.25) is 0 Å². The summed E-state index contributed by atoms with van der Waals surface area (Å²) in [5.74, 6) is 0. The quantitative estimate of drug-likeness (QED) is 0.425. The third-order valence-corrected chi connectivity index (χ3v) is 5.30. The monoisotopic (exact) mass is 344 g/mol. The molecule has 0 fully saturated rings. The van der Waals surface area contributed by atoms with E-state index in [4.69, 9.17) is 15.1 Å². The molecule has 2 aromatic carbocycles. The highest BCUT2D eigenvalue weighted by atomic mass is 32.2. The molecule has 0 saturated carbocycles. The van der Waals surface area contributed by atoms with Crippen LogP contribution >= 0.6 is 24.1 Å². The molecule has 0 aliphatic carbocycles. The molecule has 2 unspecified atom stereocenters. The lowest BCUT2D eigenvalue weighted by molar-refractivity contribution is 0.668. The minimum atomic E-state index is -0.854. The van der Waals surface area contributed by atoms with Crippen molar-refractivity contribution in [1.82, 2.24) is 0 Å². The van der Waals surface area contributed by atoms with Gasteiger partial charge in [0.25, 0.3) is 0 Å². The molecule has 0 bridgehead atoms. The van der Waals surface area contributed by atoms with Crippen molar-refractivity contribution >= 4 is 24.1 Å². The van der Waals surface area contributed by atoms with Crippen molar-refractivity contribution in [1.29, 1.82) is 0 Å². The number of nitrogens with two attached hydrogens (primary N) is 2. The van der Waals surface area contributed by atoms with Gasteiger partial charge in [-0.25, -0.2) is 3.63 Å². The van der Waals surface area contributed by atoms with Crippen LogP contribution in [0.4, 0.5) is 0 Å². The number of benzene rings is 2. The molecule has 0 amide bonds. The van der Waals surface area contributed by atoms with E-state index in [1.807, 2.05) is 60.7 Å². The molecule has 0 aromatic heterocycles. The summed E-state index contributed by atoms with van der Waals surface area (Å²) in [7, 11) is 0. The van der Waals surface area contributed by atoms with Crippen molar-refractivity contribution < 1.29 is 3.63 Å². The third kappa shape index (κ3) is 4.28. The van der Waals surface area contributed by atoms with Crippen LogP contribution in [0.5, 0.6) is 0 Å². The van der Waals surface area contributed by atoms with Crippen molar-refractivity contribution in [2.24, 2.45) is 11.5 Å². The van der Waals surface area contributed by atoms with E-state index in [-0.39, 0.29) is 0 Å². The topological polar surface area (TPSA) is 61.3 Å². The fourth-order valence-electron chi connectivity index (χ4n) is 1.93. The van der Waals surface area contributed by atoms with Gasteiger partial charge in [0, 0.05) is 24.1 Å². The zero-order valence-corrected chi connectivity index (χ0v) is 14.4. The molecule has 120 valence electrons. The van der Waals surface area contributed by atoms with E-state index in [0.717, 1.165) is 35.2 Å². The first kappa shape index (κ1) is 17.8. The molecule has 0 aliphatic rings. The smallest absolute Gasteiger partial charge is 0.134 e. The van der Waals surface area contributed by atoms with E-state index in [9.17, 15) is 0 Å². The molecule has 2 aromatic rings. The van der Waals surface area contributed by atoms with Gasteiger partial charge < -0.3 is 11.5 Å². The van der Waals surface area contributed by atoms with E-state index in [1.165, 1.54) is 0 Å². The Kier molecular flexibility index (Phi) is 6.10. The maximum Gasteiger partial charge on any atom is 0.134 e. The fraction of sp³-hybridized carbons (Fsp3) is 0.111. The van der Waals surface area contributed by atoms with E-state index in [0.29, 0.717) is 0 Å². The average Bonchev–Trinajstić information content (AvgIpc) is 2.63. The summed E-state index contributed by atoms with van der Waals surface area (Å²) in [4.78, 5) is -1.71. The van der Waals surface area contributed by atoms with Crippen LogP contribution in [0.1, 0.15) is 11.1 Å². The fourth-order valence-corrected chi connectivity index (χ4v) is 3.56. The Hall–Kier alpha value is -1.50. The summed E-state index contributed by atoms with van der Waals surface area (Å²) in [5, 5.41) is 0. The molecule has 3 nitrogen and oxygen atoms in total. The second-order valence-electron chi connectivity index (χ2n) is 4.96. The molecule has 5 heteroatoms. The van der Waals surface area contributed by atoms with Gasteiger partial charge in [-0.05, 0) is 11.1 Å². The average molecular weight is 345 g/mol. The van der Waals surface area contributed by atoms with Crippen LogP contribution in [0, 0.1) is 0 Å². The predicted molar refractivity (Wildman–Crippen MR) is 101 cm³/mol. The second kappa shape index (κ2) is 7.86. The first-order chi connectivity index (χ1) is 11.0. The molecule has 0 saturated heterocycles. The van der Waals surface area contributed by atoms with Gasteiger partial charge in [0.05, 0.1) is 0 Å². The van der Waals surface area contributed by atoms with Gasteiger partial charge in [-0.3, -0.25) is 0 Å². The Morgan fingerprint density at radius 2 is 1.09 bits per heavy atom. The number of hydrogen-bond donors (Lipinski definition) is 2. The van der Waals surface area contributed by atoms with Crippen LogP contribution in [0.15, 0.2) is 86.0 Å². The SMILES string of the molecule is C=CC(N)(SOSC(N)(C=C)c1ccccc1)c1ccccc1. The zero-order chi connectivity index (χ0) is 16.8. The first-order valence-corrected chi connectivity index (χ1v) is 8.52. The first-order valence-electron chi connectivity index (χ1n) is 7.03. The molecule has 0 heterocycles. The van der Waals surface area contributed by atoms with E-state index >= 15 is 0 Å². The van der Waals surface area contributed by atoms with Gasteiger partial charge in [0.1, 0.15) is 9.74 Å². The Morgan fingerprint density at radius 1 is 0.739 bits per heavy atom. The Bertz CT molecular complexity index is 593. The van der Waals surface area contributed by atoms with E-state index in [1.54, 1.807) is 12.2 Å². The molecule has 0 radical (unpaired) electrons. The van der Waals surface area contributed by atoms with Crippen LogP contribution in [-0.2, 0) is 13.4 Å². The van der Waals surface area contributed by atoms with Gasteiger partial charge in [-0.2, -0.15) is 0 Å². The molecule has 4 N–H and O–H groups in total. The lowest BCUT2D eigenvalue weighted by atomic mass is 10.1. The van der Waals surface area contributed by atoms with Crippen LogP contribution < -0.4 is 11.5 Å². The minimum absolute atomic E-state index is 0.854. The van der Waals surface area contributed by atoms with E-state index < -0.39 is 9.74 Å². The zero-order valence-electron chi connectivity index (χ0n) is 12.7. The Balaban J connectivity index is 2.08. The van der Waals surface area contributed by atoms with E-state index in [2.05, 4.69) is 13.2 Å². The van der Waals surface area contributed by atoms with Crippen molar-refractivity contribution in [2.45, 2.75) is 9.74 Å². The largest absolute Gasteiger partial charge is 0.308 e. The normalized spacial score (nSPS) is 16.1. The summed E-state index contributed by atoms with van der Waals surface area (Å²) < 4.78 is 5.70. The molecular formula is C18H20N2OS2. The maximum absolute atomic E-state index is 6.37. The summed E-state index contributed by atoms with van der Waals surface area (Å²) in [5.41, 5.74) is 14.5. The van der Waals surface area contributed by atoms with Crippen molar-refractivity contribution in [2.75, 3.05) is 0 Å². The molecule has 23 heavy (non-hydrogen) atoms. The van der Waals surface area contributed by atoms with Crippen LogP contribution in [0.3, 0.4) is 0 Å². The lowest BCUT2D eigenvalue weighted by Gasteiger charge is -2.28. The van der Waals surface area contributed by atoms with Gasteiger partial charge in [-0.1, -0.05) is 86.0 Å². The summed E-state index contributed by atoms with van der Waals surface area (Å²) in [6.45, 7) is 7.63. The van der Waals surface area contributed by atoms with Crippen LogP contribution in [-0.4, -0.2) is 0 Å². The Morgan fingerprint density at radius 3 is 1.39 bits per heavy atom. The second-order valence-corrected chi connectivity index (χ2v) is 7.19. The Labute approximate surface area is 146 Å². The standard InChI is InChI=1S/C18H20N2OS2/c1-3-17(19,15-11-7-5-8-12-15)22-21-23-18(20,4-2)16-13-9-6-10-14-16/h3-14H,1-2,19-20H2. The highest BCUT2D eigenvalue weighted by Gasteiger charge is 2.30. The molecule has 2 atom stereocenters. The summed E-state index contributed by atoms with van der Waals surface area (Å²) >= 11 is 2.22. The minimum Gasteiger partial charge on any atom is -0.308 e. The predicted octanol–water partition coefficient (Wildman–Crippen LogP) is 4.29. The van der Waals surface area contributed by atoms with Crippen molar-refractivity contribution in [3.63, 3.8) is 0 Å². The molecule has 2 rings (SSSR count). The highest BCUT2D eigenvalue weighted by molar-refractivity contribution is 8.08.